The topological polar surface area (TPSA) is 106 Å². The van der Waals surface area contributed by atoms with Gasteiger partial charge in [-0.3, -0.25) is 19.4 Å². The molecule has 1 saturated heterocycles. The summed E-state index contributed by atoms with van der Waals surface area (Å²) in [5, 5.41) is 10.1. The molecule has 1 aromatic heterocycles. The van der Waals surface area contributed by atoms with Crippen molar-refractivity contribution in [3.63, 3.8) is 0 Å². The highest BCUT2D eigenvalue weighted by atomic mass is 16.5. The number of carbonyl (C=O) groups excluding carboxylic acids is 3. The third kappa shape index (κ3) is 4.10. The van der Waals surface area contributed by atoms with Crippen molar-refractivity contribution in [2.75, 3.05) is 14.2 Å². The lowest BCUT2D eigenvalue weighted by Gasteiger charge is -2.28. The van der Waals surface area contributed by atoms with Crippen LogP contribution in [-0.2, 0) is 16.1 Å². The summed E-state index contributed by atoms with van der Waals surface area (Å²) >= 11 is 0. The van der Waals surface area contributed by atoms with Crippen LogP contribution < -0.4 is 9.47 Å². The van der Waals surface area contributed by atoms with Gasteiger partial charge in [-0.2, -0.15) is 0 Å². The van der Waals surface area contributed by atoms with Crippen LogP contribution in [0.4, 0.5) is 0 Å². The molecule has 2 atom stereocenters. The molecule has 1 N–H and O–H groups in total. The molecule has 0 radical (unpaired) electrons. The number of phenols is 1. The number of ketones is 2. The van der Waals surface area contributed by atoms with Crippen molar-refractivity contribution < 1.29 is 29.0 Å². The third-order valence-electron chi connectivity index (χ3n) is 6.01. The normalized spacial score (nSPS) is 17.7. The lowest BCUT2D eigenvalue weighted by molar-refractivity contribution is -0.141. The highest BCUT2D eigenvalue weighted by molar-refractivity contribution is 6.44. The van der Waals surface area contributed by atoms with Gasteiger partial charge >= 0.3 is 0 Å². The Bertz CT molecular complexity index is 1260. The molecular formula is C26H24N2O6. The van der Waals surface area contributed by atoms with Crippen molar-refractivity contribution in [2.24, 2.45) is 5.92 Å². The number of carbonyl (C=O) groups is 3. The summed E-state index contributed by atoms with van der Waals surface area (Å²) in [6.07, 6.45) is 3.22. The first-order valence-corrected chi connectivity index (χ1v) is 10.6. The standard InChI is InChI=1S/C26H24N2O6/c1-15-11-18(33-2)7-8-19(15)24(30)22-23(17-6-9-20(29)21(12-17)34-3)28(26(32)25(22)31)14-16-5-4-10-27-13-16/h4-13,22-23,29H,14H2,1-3H3. The number of aromatic nitrogens is 1. The van der Waals surface area contributed by atoms with Crippen molar-refractivity contribution in [3.8, 4) is 17.2 Å². The Labute approximate surface area is 196 Å². The van der Waals surface area contributed by atoms with E-state index in [1.165, 1.54) is 25.2 Å². The van der Waals surface area contributed by atoms with Crippen molar-refractivity contribution in [1.29, 1.82) is 0 Å². The average molecular weight is 460 g/mol. The fourth-order valence-corrected chi connectivity index (χ4v) is 4.30. The molecule has 0 aliphatic carbocycles. The van der Waals surface area contributed by atoms with Gasteiger partial charge in [0.05, 0.1) is 20.3 Å². The number of ether oxygens (including phenoxy) is 2. The van der Waals surface area contributed by atoms with Gasteiger partial charge in [-0.05, 0) is 60.0 Å². The Morgan fingerprint density at radius 2 is 1.88 bits per heavy atom. The second-order valence-electron chi connectivity index (χ2n) is 8.06. The van der Waals surface area contributed by atoms with E-state index in [-0.39, 0.29) is 18.0 Å². The number of rotatable bonds is 7. The molecule has 2 unspecified atom stereocenters. The van der Waals surface area contributed by atoms with Gasteiger partial charge in [0, 0.05) is 24.5 Å². The van der Waals surface area contributed by atoms with Crippen molar-refractivity contribution in [2.45, 2.75) is 19.5 Å². The smallest absolute Gasteiger partial charge is 0.291 e. The maximum Gasteiger partial charge on any atom is 0.291 e. The van der Waals surface area contributed by atoms with Gasteiger partial charge in [-0.15, -0.1) is 0 Å². The molecule has 0 spiro atoms. The number of methoxy groups -OCH3 is 2. The van der Waals surface area contributed by atoms with Gasteiger partial charge < -0.3 is 19.5 Å². The largest absolute Gasteiger partial charge is 0.504 e. The number of amides is 1. The number of Topliss-reactive ketones (excluding diaryl/α,β-unsaturated/α-hetero) is 2. The fraction of sp³-hybridized carbons (Fsp3) is 0.231. The van der Waals surface area contributed by atoms with Crippen LogP contribution in [0.15, 0.2) is 60.9 Å². The fourth-order valence-electron chi connectivity index (χ4n) is 4.30. The third-order valence-corrected chi connectivity index (χ3v) is 6.01. The first-order chi connectivity index (χ1) is 16.3. The van der Waals surface area contributed by atoms with E-state index in [2.05, 4.69) is 4.98 Å². The maximum atomic E-state index is 13.7. The number of hydrogen-bond donors (Lipinski definition) is 1. The Balaban J connectivity index is 1.82. The second-order valence-corrected chi connectivity index (χ2v) is 8.06. The van der Waals surface area contributed by atoms with E-state index in [9.17, 15) is 19.5 Å². The summed E-state index contributed by atoms with van der Waals surface area (Å²) in [4.78, 5) is 45.5. The van der Waals surface area contributed by atoms with Gasteiger partial charge in [-0.1, -0.05) is 12.1 Å². The number of pyridine rings is 1. The predicted molar refractivity (Wildman–Crippen MR) is 123 cm³/mol. The first-order valence-electron chi connectivity index (χ1n) is 10.6. The Morgan fingerprint density at radius 1 is 1.09 bits per heavy atom. The molecule has 0 bridgehead atoms. The van der Waals surface area contributed by atoms with Crippen LogP contribution in [0.1, 0.15) is 33.1 Å². The average Bonchev–Trinajstić information content (AvgIpc) is 3.09. The highest BCUT2D eigenvalue weighted by Gasteiger charge is 2.52. The highest BCUT2D eigenvalue weighted by Crippen LogP contribution is 2.42. The molecule has 8 heteroatoms. The maximum absolute atomic E-state index is 13.7. The Hall–Kier alpha value is -4.20. The molecule has 1 amide bonds. The quantitative estimate of drug-likeness (QED) is 0.328. The van der Waals surface area contributed by atoms with Crippen LogP contribution in [-0.4, -0.2) is 46.7 Å². The first kappa shape index (κ1) is 23.0. The lowest BCUT2D eigenvalue weighted by Crippen LogP contribution is -2.30. The minimum Gasteiger partial charge on any atom is -0.504 e. The van der Waals surface area contributed by atoms with Gasteiger partial charge in [0.25, 0.3) is 5.91 Å². The van der Waals surface area contributed by atoms with E-state index in [0.29, 0.717) is 28.0 Å². The summed E-state index contributed by atoms with van der Waals surface area (Å²) < 4.78 is 10.5. The molecule has 2 aromatic carbocycles. The number of aromatic hydroxyl groups is 1. The summed E-state index contributed by atoms with van der Waals surface area (Å²) in [5.74, 6) is -2.56. The zero-order valence-corrected chi connectivity index (χ0v) is 19.0. The Morgan fingerprint density at radius 3 is 2.53 bits per heavy atom. The molecule has 174 valence electrons. The van der Waals surface area contributed by atoms with Gasteiger partial charge in [-0.25, -0.2) is 0 Å². The van der Waals surface area contributed by atoms with E-state index in [1.54, 1.807) is 61.8 Å². The summed E-state index contributed by atoms with van der Waals surface area (Å²) in [7, 11) is 2.93. The molecular weight excluding hydrogens is 436 g/mol. The minimum atomic E-state index is -1.26. The van der Waals surface area contributed by atoms with E-state index >= 15 is 0 Å². The SMILES string of the molecule is COc1ccc(C(=O)C2C(=O)C(=O)N(Cc3cccnc3)C2c2ccc(O)c(OC)c2)c(C)c1. The van der Waals surface area contributed by atoms with Crippen molar-refractivity contribution >= 4 is 17.5 Å². The summed E-state index contributed by atoms with van der Waals surface area (Å²) in [6, 6.07) is 12.2. The van der Waals surface area contributed by atoms with Crippen LogP contribution in [0, 0.1) is 12.8 Å². The summed E-state index contributed by atoms with van der Waals surface area (Å²) in [5.41, 5.74) is 2.19. The predicted octanol–water partition coefficient (Wildman–Crippen LogP) is 3.26. The van der Waals surface area contributed by atoms with Gasteiger partial charge in [0.1, 0.15) is 11.7 Å². The monoisotopic (exact) mass is 460 g/mol. The molecule has 1 fully saturated rings. The molecule has 2 heterocycles. The van der Waals surface area contributed by atoms with Crippen LogP contribution in [0.25, 0.3) is 0 Å². The van der Waals surface area contributed by atoms with E-state index < -0.39 is 29.4 Å². The van der Waals surface area contributed by atoms with Crippen LogP contribution in [0.3, 0.4) is 0 Å². The number of phenolic OH excluding ortho intramolecular Hbond substituents is 1. The zero-order chi connectivity index (χ0) is 24.4. The van der Waals surface area contributed by atoms with Crippen LogP contribution in [0.5, 0.6) is 17.2 Å². The van der Waals surface area contributed by atoms with Crippen molar-refractivity contribution in [1.82, 2.24) is 9.88 Å². The molecule has 4 rings (SSSR count). The number of benzene rings is 2. The number of aryl methyl sites for hydroxylation is 1. The van der Waals surface area contributed by atoms with E-state index in [4.69, 9.17) is 9.47 Å². The molecule has 3 aromatic rings. The van der Waals surface area contributed by atoms with Crippen molar-refractivity contribution in [3.05, 3.63) is 83.2 Å². The lowest BCUT2D eigenvalue weighted by atomic mass is 9.85. The molecule has 0 saturated carbocycles. The molecule has 34 heavy (non-hydrogen) atoms. The second kappa shape index (κ2) is 9.35. The zero-order valence-electron chi connectivity index (χ0n) is 19.0. The van der Waals surface area contributed by atoms with Gasteiger partial charge in [0.2, 0.25) is 5.78 Å². The van der Waals surface area contributed by atoms with E-state index in [1.807, 2.05) is 0 Å². The Kier molecular flexibility index (Phi) is 6.32. The van der Waals surface area contributed by atoms with Crippen LogP contribution >= 0.6 is 0 Å². The number of hydrogen-bond acceptors (Lipinski definition) is 7. The van der Waals surface area contributed by atoms with Crippen LogP contribution in [0.2, 0.25) is 0 Å². The number of likely N-dealkylation sites (tertiary alicyclic amines) is 1. The molecule has 1 aliphatic heterocycles. The van der Waals surface area contributed by atoms with E-state index in [0.717, 1.165) is 0 Å². The molecule has 1 aliphatic rings. The number of nitrogens with zero attached hydrogens (tertiary/aromatic N) is 2. The van der Waals surface area contributed by atoms with Gasteiger partial charge in [0.15, 0.2) is 17.3 Å². The molecule has 8 nitrogen and oxygen atoms in total. The summed E-state index contributed by atoms with van der Waals surface area (Å²) in [6.45, 7) is 1.85. The minimum absolute atomic E-state index is 0.0883.